The average molecular weight is 206 g/mol. The third-order valence-electron chi connectivity index (χ3n) is 1.80. The Bertz CT molecular complexity index is 381. The maximum absolute atomic E-state index is 10.3. The summed E-state index contributed by atoms with van der Waals surface area (Å²) in [6.45, 7) is -0.0682. The first-order valence-electron chi connectivity index (χ1n) is 4.28. The molecule has 5 nitrogen and oxygen atoms in total. The predicted molar refractivity (Wildman–Crippen MR) is 53.3 cm³/mol. The zero-order chi connectivity index (χ0) is 11.3. The quantitative estimate of drug-likeness (QED) is 0.663. The Morgan fingerprint density at radius 2 is 2.07 bits per heavy atom. The number of nitriles is 1. The molecule has 0 saturated heterocycles. The van der Waals surface area contributed by atoms with E-state index < -0.39 is 12.1 Å². The van der Waals surface area contributed by atoms with Crippen LogP contribution in [0.3, 0.4) is 0 Å². The van der Waals surface area contributed by atoms with Crippen LogP contribution in [0, 0.1) is 11.3 Å². The zero-order valence-corrected chi connectivity index (χ0v) is 7.84. The monoisotopic (exact) mass is 206 g/mol. The van der Waals surface area contributed by atoms with Crippen LogP contribution >= 0.6 is 0 Å². The van der Waals surface area contributed by atoms with Crippen LogP contribution < -0.4 is 5.32 Å². The molecule has 0 bridgehead atoms. The number of anilines is 1. The number of rotatable bonds is 4. The summed E-state index contributed by atoms with van der Waals surface area (Å²) in [4.78, 5) is 10.3. The molecule has 1 rings (SSSR count). The van der Waals surface area contributed by atoms with Gasteiger partial charge in [0.1, 0.15) is 0 Å². The molecule has 0 aliphatic carbocycles. The van der Waals surface area contributed by atoms with E-state index in [1.807, 2.05) is 6.07 Å². The number of aliphatic hydroxyl groups is 1. The number of hydrogen-bond donors (Lipinski definition) is 3. The number of benzene rings is 1. The van der Waals surface area contributed by atoms with Crippen molar-refractivity contribution in [3.63, 3.8) is 0 Å². The predicted octanol–water partition coefficient (Wildman–Crippen LogP) is 0.416. The lowest BCUT2D eigenvalue weighted by atomic mass is 10.2. The van der Waals surface area contributed by atoms with Crippen molar-refractivity contribution in [3.8, 4) is 6.07 Å². The molecule has 5 heteroatoms. The van der Waals surface area contributed by atoms with Gasteiger partial charge < -0.3 is 15.5 Å². The molecule has 1 aromatic rings. The van der Waals surface area contributed by atoms with Crippen LogP contribution in [-0.4, -0.2) is 28.8 Å². The van der Waals surface area contributed by atoms with Crippen LogP contribution in [0.5, 0.6) is 0 Å². The summed E-state index contributed by atoms with van der Waals surface area (Å²) in [5.74, 6) is -1.27. The molecular weight excluding hydrogens is 196 g/mol. The average Bonchev–Trinajstić information content (AvgIpc) is 2.26. The maximum Gasteiger partial charge on any atom is 0.334 e. The molecule has 0 radical (unpaired) electrons. The van der Waals surface area contributed by atoms with E-state index in [0.29, 0.717) is 11.3 Å². The first kappa shape index (κ1) is 11.0. The van der Waals surface area contributed by atoms with Gasteiger partial charge in [-0.2, -0.15) is 5.26 Å². The fraction of sp³-hybridized carbons (Fsp3) is 0.200. The molecule has 0 aliphatic rings. The van der Waals surface area contributed by atoms with Crippen molar-refractivity contribution in [3.05, 3.63) is 29.8 Å². The summed E-state index contributed by atoms with van der Waals surface area (Å²) < 4.78 is 0. The molecule has 0 amide bonds. The first-order chi connectivity index (χ1) is 7.13. The summed E-state index contributed by atoms with van der Waals surface area (Å²) in [6, 6.07) is 8.47. The molecule has 1 atom stereocenters. The third-order valence-corrected chi connectivity index (χ3v) is 1.80. The molecule has 3 N–H and O–H groups in total. The summed E-state index contributed by atoms with van der Waals surface area (Å²) in [7, 11) is 0. The standard InChI is InChI=1S/C10H10N2O3/c11-5-7-1-3-8(4-2-7)12-6-9(13)10(14)15/h1-4,9,12-13H,6H2,(H,14,15)/t9-/m0/s1. The molecule has 1 aromatic carbocycles. The molecule has 0 heterocycles. The number of carboxylic acid groups (broad SMARTS) is 1. The van der Waals surface area contributed by atoms with Crippen molar-refractivity contribution >= 4 is 11.7 Å². The van der Waals surface area contributed by atoms with Crippen molar-refractivity contribution < 1.29 is 15.0 Å². The second kappa shape index (κ2) is 4.98. The van der Waals surface area contributed by atoms with E-state index in [0.717, 1.165) is 0 Å². The molecule has 78 valence electrons. The summed E-state index contributed by atoms with van der Waals surface area (Å²) in [6.07, 6.45) is -1.43. The Morgan fingerprint density at radius 1 is 1.47 bits per heavy atom. The van der Waals surface area contributed by atoms with E-state index in [4.69, 9.17) is 15.5 Å². The summed E-state index contributed by atoms with van der Waals surface area (Å²) in [5, 5.41) is 28.7. The van der Waals surface area contributed by atoms with Crippen LogP contribution in [0.1, 0.15) is 5.56 Å². The summed E-state index contributed by atoms with van der Waals surface area (Å²) in [5.41, 5.74) is 1.19. The fourth-order valence-corrected chi connectivity index (χ4v) is 0.964. The SMILES string of the molecule is N#Cc1ccc(NC[C@H](O)C(=O)O)cc1. The van der Waals surface area contributed by atoms with Gasteiger partial charge in [0.05, 0.1) is 18.2 Å². The van der Waals surface area contributed by atoms with E-state index in [-0.39, 0.29) is 6.54 Å². The van der Waals surface area contributed by atoms with Crippen molar-refractivity contribution in [1.29, 1.82) is 5.26 Å². The second-order valence-corrected chi connectivity index (χ2v) is 2.92. The van der Waals surface area contributed by atoms with E-state index in [1.165, 1.54) is 0 Å². The van der Waals surface area contributed by atoms with E-state index >= 15 is 0 Å². The minimum absolute atomic E-state index is 0.0682. The molecular formula is C10H10N2O3. The first-order valence-corrected chi connectivity index (χ1v) is 4.28. The number of hydrogen-bond acceptors (Lipinski definition) is 4. The Kier molecular flexibility index (Phi) is 3.66. The number of aliphatic carboxylic acids is 1. The topological polar surface area (TPSA) is 93.4 Å². The maximum atomic E-state index is 10.3. The van der Waals surface area contributed by atoms with E-state index in [2.05, 4.69) is 5.32 Å². The van der Waals surface area contributed by atoms with E-state index in [9.17, 15) is 4.79 Å². The number of aliphatic hydroxyl groups excluding tert-OH is 1. The van der Waals surface area contributed by atoms with E-state index in [1.54, 1.807) is 24.3 Å². The number of carbonyl (C=O) groups is 1. The van der Waals surface area contributed by atoms with Gasteiger partial charge in [-0.3, -0.25) is 0 Å². The number of carboxylic acids is 1. The van der Waals surface area contributed by atoms with Crippen LogP contribution in [0.4, 0.5) is 5.69 Å². The van der Waals surface area contributed by atoms with Crippen LogP contribution in [0.2, 0.25) is 0 Å². The van der Waals surface area contributed by atoms with Gasteiger partial charge in [0, 0.05) is 5.69 Å². The minimum atomic E-state index is -1.43. The van der Waals surface area contributed by atoms with Gasteiger partial charge in [0.15, 0.2) is 6.10 Å². The Morgan fingerprint density at radius 3 is 2.53 bits per heavy atom. The molecule has 0 fully saturated rings. The number of nitrogens with one attached hydrogen (secondary N) is 1. The Hall–Kier alpha value is -2.06. The van der Waals surface area contributed by atoms with Crippen molar-refractivity contribution in [2.24, 2.45) is 0 Å². The highest BCUT2D eigenvalue weighted by atomic mass is 16.4. The Labute approximate surface area is 86.6 Å². The lowest BCUT2D eigenvalue weighted by molar-refractivity contribution is -0.145. The van der Waals surface area contributed by atoms with Gasteiger partial charge in [-0.05, 0) is 24.3 Å². The highest BCUT2D eigenvalue weighted by Gasteiger charge is 2.11. The van der Waals surface area contributed by atoms with Crippen molar-refractivity contribution in [2.75, 3.05) is 11.9 Å². The van der Waals surface area contributed by atoms with Gasteiger partial charge in [-0.25, -0.2) is 4.79 Å². The fourth-order valence-electron chi connectivity index (χ4n) is 0.964. The van der Waals surface area contributed by atoms with Crippen molar-refractivity contribution in [1.82, 2.24) is 0 Å². The normalized spacial score (nSPS) is 11.5. The molecule has 0 aromatic heterocycles. The Balaban J connectivity index is 2.52. The van der Waals surface area contributed by atoms with Crippen molar-refractivity contribution in [2.45, 2.75) is 6.10 Å². The van der Waals surface area contributed by atoms with Crippen LogP contribution in [0.25, 0.3) is 0 Å². The van der Waals surface area contributed by atoms with Crippen LogP contribution in [-0.2, 0) is 4.79 Å². The zero-order valence-electron chi connectivity index (χ0n) is 7.84. The highest BCUT2D eigenvalue weighted by Crippen LogP contribution is 2.08. The largest absolute Gasteiger partial charge is 0.479 e. The lowest BCUT2D eigenvalue weighted by Crippen LogP contribution is -2.28. The van der Waals surface area contributed by atoms with Gasteiger partial charge in [-0.1, -0.05) is 0 Å². The molecule has 0 unspecified atom stereocenters. The molecule has 0 spiro atoms. The molecule has 15 heavy (non-hydrogen) atoms. The second-order valence-electron chi connectivity index (χ2n) is 2.92. The minimum Gasteiger partial charge on any atom is -0.479 e. The van der Waals surface area contributed by atoms with Gasteiger partial charge in [-0.15, -0.1) is 0 Å². The van der Waals surface area contributed by atoms with Crippen LogP contribution in [0.15, 0.2) is 24.3 Å². The lowest BCUT2D eigenvalue weighted by Gasteiger charge is -2.08. The van der Waals surface area contributed by atoms with Gasteiger partial charge >= 0.3 is 5.97 Å². The molecule has 0 aliphatic heterocycles. The molecule has 0 saturated carbocycles. The smallest absolute Gasteiger partial charge is 0.334 e. The third kappa shape index (κ3) is 3.29. The number of nitrogens with zero attached hydrogens (tertiary/aromatic N) is 1. The van der Waals surface area contributed by atoms with Gasteiger partial charge in [0.25, 0.3) is 0 Å². The summed E-state index contributed by atoms with van der Waals surface area (Å²) >= 11 is 0. The highest BCUT2D eigenvalue weighted by molar-refractivity contribution is 5.72. The van der Waals surface area contributed by atoms with Gasteiger partial charge in [0.2, 0.25) is 0 Å².